The predicted octanol–water partition coefficient (Wildman–Crippen LogP) is 0.513. The summed E-state index contributed by atoms with van der Waals surface area (Å²) in [5.74, 6) is 0. The maximum Gasteiger partial charge on any atom is 0.102 e. The molecule has 0 bridgehead atoms. The molecule has 0 aliphatic carbocycles. The Balaban J connectivity index is 2.10. The van der Waals surface area contributed by atoms with Crippen molar-refractivity contribution in [1.82, 2.24) is 14.7 Å². The molecule has 6 nitrogen and oxygen atoms in total. The summed E-state index contributed by atoms with van der Waals surface area (Å²) in [7, 11) is 4.03. The van der Waals surface area contributed by atoms with Gasteiger partial charge in [-0.15, -0.1) is 0 Å². The number of rotatable bonds is 5. The number of likely N-dealkylation sites (N-methyl/N-ethyl adjacent to an activating group) is 1. The normalized spacial score (nSPS) is 21.8. The Morgan fingerprint density at radius 1 is 1.58 bits per heavy atom. The fourth-order valence-electron chi connectivity index (χ4n) is 2.07. The molecule has 2 atom stereocenters. The van der Waals surface area contributed by atoms with Gasteiger partial charge in [-0.3, -0.25) is 4.68 Å². The van der Waals surface area contributed by atoms with Crippen LogP contribution in [-0.2, 0) is 16.0 Å². The molecule has 0 saturated carbocycles. The van der Waals surface area contributed by atoms with Gasteiger partial charge in [-0.1, -0.05) is 11.6 Å². The number of hydrogen-bond acceptors (Lipinski definition) is 5. The Hall–Kier alpha value is -0.660. The van der Waals surface area contributed by atoms with Gasteiger partial charge in [-0.05, 0) is 14.1 Å². The fraction of sp³-hybridized carbons (Fsp3) is 0.750. The van der Waals surface area contributed by atoms with E-state index in [1.807, 2.05) is 18.8 Å². The third-order valence-corrected chi connectivity index (χ3v) is 3.44. The first-order chi connectivity index (χ1) is 9.09. The molecule has 0 radical (unpaired) electrons. The van der Waals surface area contributed by atoms with Crippen LogP contribution in [0.4, 0.5) is 0 Å². The van der Waals surface area contributed by atoms with Gasteiger partial charge < -0.3 is 20.1 Å². The number of nitrogens with two attached hydrogens (primary N) is 1. The van der Waals surface area contributed by atoms with E-state index in [-0.39, 0.29) is 12.1 Å². The van der Waals surface area contributed by atoms with Crippen LogP contribution in [0.25, 0.3) is 0 Å². The lowest BCUT2D eigenvalue weighted by Gasteiger charge is -2.28. The average Bonchev–Trinajstić information content (AvgIpc) is 2.78. The number of hydrogen-bond donors (Lipinski definition) is 1. The van der Waals surface area contributed by atoms with Crippen LogP contribution < -0.4 is 5.73 Å². The molecule has 2 unspecified atom stereocenters. The molecule has 1 aliphatic rings. The molecule has 1 fully saturated rings. The van der Waals surface area contributed by atoms with Gasteiger partial charge in [0.25, 0.3) is 0 Å². The van der Waals surface area contributed by atoms with E-state index in [4.69, 9.17) is 26.8 Å². The highest BCUT2D eigenvalue weighted by atomic mass is 35.5. The highest BCUT2D eigenvalue weighted by Crippen LogP contribution is 2.26. The number of nitrogens with zero attached hydrogens (tertiary/aromatic N) is 3. The smallest absolute Gasteiger partial charge is 0.102 e. The Kier molecular flexibility index (Phi) is 5.18. The minimum Gasteiger partial charge on any atom is -0.376 e. The molecule has 2 N–H and O–H groups in total. The molecule has 1 saturated heterocycles. The second-order valence-electron chi connectivity index (χ2n) is 4.91. The molecule has 19 heavy (non-hydrogen) atoms. The van der Waals surface area contributed by atoms with Crippen molar-refractivity contribution >= 4 is 11.6 Å². The van der Waals surface area contributed by atoms with Crippen LogP contribution in [0.5, 0.6) is 0 Å². The minimum absolute atomic E-state index is 0.166. The van der Waals surface area contributed by atoms with Gasteiger partial charge in [0, 0.05) is 6.54 Å². The summed E-state index contributed by atoms with van der Waals surface area (Å²) in [5, 5.41) is 4.87. The lowest BCUT2D eigenvalue weighted by Crippen LogP contribution is -2.39. The van der Waals surface area contributed by atoms with Crippen molar-refractivity contribution < 1.29 is 9.47 Å². The van der Waals surface area contributed by atoms with E-state index in [2.05, 4.69) is 10.00 Å². The maximum absolute atomic E-state index is 6.26. The zero-order valence-corrected chi connectivity index (χ0v) is 12.1. The third-order valence-electron chi connectivity index (χ3n) is 3.15. The van der Waals surface area contributed by atoms with Crippen LogP contribution in [0.3, 0.4) is 0 Å². The maximum atomic E-state index is 6.26. The highest BCUT2D eigenvalue weighted by Gasteiger charge is 2.28. The number of ether oxygens (including phenoxy) is 2. The molecule has 0 spiro atoms. The van der Waals surface area contributed by atoms with Crippen LogP contribution in [0, 0.1) is 0 Å². The summed E-state index contributed by atoms with van der Waals surface area (Å²) >= 11 is 6.20. The highest BCUT2D eigenvalue weighted by molar-refractivity contribution is 6.31. The molecular formula is C12H21ClN4O2. The predicted molar refractivity (Wildman–Crippen MR) is 73.3 cm³/mol. The van der Waals surface area contributed by atoms with Crippen LogP contribution in [0.1, 0.15) is 11.7 Å². The van der Waals surface area contributed by atoms with E-state index in [0.29, 0.717) is 24.8 Å². The van der Waals surface area contributed by atoms with Gasteiger partial charge in [-0.2, -0.15) is 5.10 Å². The molecule has 7 heteroatoms. The summed E-state index contributed by atoms with van der Waals surface area (Å²) < 4.78 is 12.9. The Labute approximate surface area is 118 Å². The Morgan fingerprint density at radius 2 is 2.37 bits per heavy atom. The minimum atomic E-state index is -0.322. The first kappa shape index (κ1) is 14.7. The monoisotopic (exact) mass is 288 g/mol. The second-order valence-corrected chi connectivity index (χ2v) is 5.32. The molecule has 1 aliphatic heterocycles. The van der Waals surface area contributed by atoms with E-state index >= 15 is 0 Å². The quantitative estimate of drug-likeness (QED) is 0.855. The molecule has 2 rings (SSSR count). The summed E-state index contributed by atoms with van der Waals surface area (Å²) in [5.41, 5.74) is 7.08. The Bertz CT molecular complexity index is 404. The van der Waals surface area contributed by atoms with Gasteiger partial charge in [0.1, 0.15) is 6.10 Å². The van der Waals surface area contributed by atoms with Crippen LogP contribution in [-0.4, -0.2) is 61.2 Å². The number of halogens is 1. The van der Waals surface area contributed by atoms with Crippen LogP contribution in [0.15, 0.2) is 6.20 Å². The van der Waals surface area contributed by atoms with E-state index in [0.717, 1.165) is 18.8 Å². The second kappa shape index (κ2) is 6.67. The first-order valence-corrected chi connectivity index (χ1v) is 6.78. The van der Waals surface area contributed by atoms with E-state index in [1.165, 1.54) is 0 Å². The lowest BCUT2D eigenvalue weighted by molar-refractivity contribution is -0.0984. The lowest BCUT2D eigenvalue weighted by atomic mass is 10.1. The van der Waals surface area contributed by atoms with Crippen molar-refractivity contribution in [2.75, 3.05) is 40.5 Å². The van der Waals surface area contributed by atoms with Crippen LogP contribution >= 0.6 is 11.6 Å². The van der Waals surface area contributed by atoms with Crippen LogP contribution in [0.2, 0.25) is 5.02 Å². The van der Waals surface area contributed by atoms with Crippen molar-refractivity contribution in [2.45, 2.75) is 18.7 Å². The summed E-state index contributed by atoms with van der Waals surface area (Å²) in [4.78, 5) is 2.09. The molecule has 0 aromatic carbocycles. The van der Waals surface area contributed by atoms with E-state index in [9.17, 15) is 0 Å². The molecule has 2 heterocycles. The SMILES string of the molecule is CN(C)CCn1ncc(Cl)c1C(N)C1COCCO1. The van der Waals surface area contributed by atoms with E-state index < -0.39 is 0 Å². The van der Waals surface area contributed by atoms with Crippen molar-refractivity contribution in [3.63, 3.8) is 0 Å². The van der Waals surface area contributed by atoms with Gasteiger partial charge in [0.2, 0.25) is 0 Å². The molecule has 1 aromatic heterocycles. The van der Waals surface area contributed by atoms with Crippen molar-refractivity contribution in [3.05, 3.63) is 16.9 Å². The van der Waals surface area contributed by atoms with Gasteiger partial charge in [0.15, 0.2) is 0 Å². The first-order valence-electron chi connectivity index (χ1n) is 6.40. The van der Waals surface area contributed by atoms with Crippen molar-refractivity contribution in [3.8, 4) is 0 Å². The van der Waals surface area contributed by atoms with Gasteiger partial charge in [0.05, 0.1) is 49.3 Å². The van der Waals surface area contributed by atoms with Gasteiger partial charge >= 0.3 is 0 Å². The number of aromatic nitrogens is 2. The fourth-order valence-corrected chi connectivity index (χ4v) is 2.33. The largest absolute Gasteiger partial charge is 0.376 e. The summed E-state index contributed by atoms with van der Waals surface area (Å²) in [6.07, 6.45) is 1.47. The zero-order valence-electron chi connectivity index (χ0n) is 11.4. The topological polar surface area (TPSA) is 65.5 Å². The molecule has 0 amide bonds. The van der Waals surface area contributed by atoms with Crippen molar-refractivity contribution in [1.29, 1.82) is 0 Å². The molecular weight excluding hydrogens is 268 g/mol. The van der Waals surface area contributed by atoms with Crippen molar-refractivity contribution in [2.24, 2.45) is 5.73 Å². The third kappa shape index (κ3) is 3.67. The zero-order chi connectivity index (χ0) is 13.8. The molecule has 108 valence electrons. The Morgan fingerprint density at radius 3 is 3.00 bits per heavy atom. The van der Waals surface area contributed by atoms with Gasteiger partial charge in [-0.25, -0.2) is 0 Å². The molecule has 1 aromatic rings. The summed E-state index contributed by atoms with van der Waals surface area (Å²) in [6, 6.07) is -0.322. The van der Waals surface area contributed by atoms with E-state index in [1.54, 1.807) is 6.20 Å². The average molecular weight is 289 g/mol. The standard InChI is InChI=1S/C12H21ClN4O2/c1-16(2)3-4-17-12(9(13)7-15-17)11(14)10-8-18-5-6-19-10/h7,10-11H,3-6,8,14H2,1-2H3. The summed E-state index contributed by atoms with van der Waals surface area (Å²) in [6.45, 7) is 3.31.